The van der Waals surface area contributed by atoms with Gasteiger partial charge in [0.05, 0.1) is 38.9 Å². The second-order valence-electron chi connectivity index (χ2n) is 9.61. The molecule has 1 aromatic carbocycles. The van der Waals surface area contributed by atoms with Crippen molar-refractivity contribution < 1.29 is 12.8 Å². The van der Waals surface area contributed by atoms with Crippen LogP contribution >= 0.6 is 23.2 Å². The normalized spacial score (nSPS) is 14.6. The third-order valence-electron chi connectivity index (χ3n) is 6.69. The summed E-state index contributed by atoms with van der Waals surface area (Å²) < 4.78 is 42.0. The summed E-state index contributed by atoms with van der Waals surface area (Å²) in [5.41, 5.74) is 2.95. The molecule has 0 amide bonds. The lowest BCUT2D eigenvalue weighted by Gasteiger charge is -2.32. The Morgan fingerprint density at radius 2 is 1.85 bits per heavy atom. The molecule has 0 atom stereocenters. The van der Waals surface area contributed by atoms with E-state index in [4.69, 9.17) is 28.2 Å². The van der Waals surface area contributed by atoms with Gasteiger partial charge in [-0.3, -0.25) is 14.6 Å². The molecular weight excluding hydrogens is 590 g/mol. The number of fused-ring (bicyclic) bond motifs is 1. The summed E-state index contributed by atoms with van der Waals surface area (Å²) in [5, 5.41) is 12.7. The Hall–Kier alpha value is -3.60. The summed E-state index contributed by atoms with van der Waals surface area (Å²) in [4.78, 5) is 17.5. The molecule has 0 saturated carbocycles. The van der Waals surface area contributed by atoms with E-state index in [0.29, 0.717) is 40.2 Å². The molecule has 41 heavy (non-hydrogen) atoms. The number of pyridine rings is 3. The maximum absolute atomic E-state index is 13.7. The Kier molecular flexibility index (Phi) is 8.53. The predicted molar refractivity (Wildman–Crippen MR) is 159 cm³/mol. The van der Waals surface area contributed by atoms with E-state index >= 15 is 0 Å². The number of nitrogens with one attached hydrogen (secondary N) is 2. The zero-order chi connectivity index (χ0) is 29.1. The lowest BCUT2D eigenvalue weighted by Crippen LogP contribution is -2.46. The fraction of sp³-hybridized carbons (Fsp3) is 0.259. The fourth-order valence-corrected chi connectivity index (χ4v) is 5.83. The molecule has 1 fully saturated rings. The van der Waals surface area contributed by atoms with Gasteiger partial charge in [0.1, 0.15) is 17.4 Å². The molecule has 1 saturated heterocycles. The van der Waals surface area contributed by atoms with Crippen molar-refractivity contribution in [2.75, 3.05) is 55.6 Å². The van der Waals surface area contributed by atoms with Crippen LogP contribution in [0.15, 0.2) is 48.8 Å². The number of benzene rings is 1. The lowest BCUT2D eigenvalue weighted by atomic mass is 10.1. The summed E-state index contributed by atoms with van der Waals surface area (Å²) in [5.74, 6) is -0.657. The molecule has 5 rings (SSSR count). The van der Waals surface area contributed by atoms with Crippen molar-refractivity contribution in [1.82, 2.24) is 24.8 Å². The van der Waals surface area contributed by atoms with E-state index in [2.05, 4.69) is 35.9 Å². The van der Waals surface area contributed by atoms with Gasteiger partial charge in [0.15, 0.2) is 5.15 Å². The lowest BCUT2D eigenvalue weighted by molar-refractivity contribution is 0.161. The van der Waals surface area contributed by atoms with E-state index in [0.717, 1.165) is 26.2 Å². The first-order valence-corrected chi connectivity index (χ1v) is 15.0. The Labute approximate surface area is 246 Å². The topological polar surface area (TPSA) is 127 Å². The summed E-state index contributed by atoms with van der Waals surface area (Å²) in [6.45, 7) is 3.81. The molecule has 212 valence electrons. The first-order chi connectivity index (χ1) is 19.6. The standard InChI is InChI=1S/C27H25Cl2FN8O2S/c1-37-6-8-38(9-7-37)10-11-41(39,40)36-24-12-17(15-33-27(24)29)22-4-5-23-26(35-22)25(18(14-31)16-32-23)34-19-2-3-21(30)20(28)13-19/h2-5,12-13,15-16,36H,6-11H2,1H3,(H,32,34). The van der Waals surface area contributed by atoms with Crippen LogP contribution in [0.25, 0.3) is 22.3 Å². The molecule has 0 radical (unpaired) electrons. The van der Waals surface area contributed by atoms with Crippen molar-refractivity contribution in [3.8, 4) is 17.3 Å². The SMILES string of the molecule is CN1CCN(CCS(=O)(=O)Nc2cc(-c3ccc4ncc(C#N)c(Nc5ccc(F)c(Cl)c5)c4n3)cnc2Cl)CC1. The first kappa shape index (κ1) is 28.9. The van der Waals surface area contributed by atoms with Crippen molar-refractivity contribution in [2.45, 2.75) is 0 Å². The molecular formula is C27H25Cl2FN8O2S. The third kappa shape index (κ3) is 6.83. The highest BCUT2D eigenvalue weighted by atomic mass is 35.5. The molecule has 3 aromatic heterocycles. The summed E-state index contributed by atoms with van der Waals surface area (Å²) in [6, 6.07) is 11.2. The van der Waals surface area contributed by atoms with E-state index in [1.165, 1.54) is 30.6 Å². The number of hydrogen-bond acceptors (Lipinski definition) is 9. The van der Waals surface area contributed by atoms with E-state index in [1.807, 2.05) is 7.05 Å². The van der Waals surface area contributed by atoms with Crippen LogP contribution in [0.2, 0.25) is 10.2 Å². The number of likely N-dealkylation sites (N-methyl/N-ethyl adjacent to an activating group) is 1. The molecule has 1 aliphatic heterocycles. The Balaban J connectivity index is 1.43. The quantitative estimate of drug-likeness (QED) is 0.270. The van der Waals surface area contributed by atoms with Gasteiger partial charge in [-0.25, -0.2) is 22.8 Å². The highest BCUT2D eigenvalue weighted by molar-refractivity contribution is 7.92. The monoisotopic (exact) mass is 614 g/mol. The van der Waals surface area contributed by atoms with Crippen LogP contribution in [0, 0.1) is 17.1 Å². The van der Waals surface area contributed by atoms with Crippen LogP contribution in [-0.4, -0.2) is 78.7 Å². The maximum atomic E-state index is 13.7. The van der Waals surface area contributed by atoms with Crippen LogP contribution < -0.4 is 10.0 Å². The molecule has 2 N–H and O–H groups in total. The van der Waals surface area contributed by atoms with Gasteiger partial charge in [-0.2, -0.15) is 5.26 Å². The second-order valence-corrected chi connectivity index (χ2v) is 12.2. The Bertz CT molecular complexity index is 1760. The van der Waals surface area contributed by atoms with E-state index < -0.39 is 15.8 Å². The number of sulfonamides is 1. The Morgan fingerprint density at radius 1 is 1.07 bits per heavy atom. The van der Waals surface area contributed by atoms with Gasteiger partial charge in [0.25, 0.3) is 0 Å². The minimum absolute atomic E-state index is 0.00156. The van der Waals surface area contributed by atoms with Gasteiger partial charge < -0.3 is 10.2 Å². The average Bonchev–Trinajstić information content (AvgIpc) is 2.96. The minimum Gasteiger partial charge on any atom is -0.353 e. The zero-order valence-electron chi connectivity index (χ0n) is 21.9. The Morgan fingerprint density at radius 3 is 2.59 bits per heavy atom. The zero-order valence-corrected chi connectivity index (χ0v) is 24.2. The average molecular weight is 616 g/mol. The van der Waals surface area contributed by atoms with E-state index in [-0.39, 0.29) is 27.2 Å². The van der Waals surface area contributed by atoms with Crippen molar-refractivity contribution in [2.24, 2.45) is 0 Å². The third-order valence-corrected chi connectivity index (χ3v) is 8.54. The number of nitrogens with zero attached hydrogens (tertiary/aromatic N) is 6. The molecule has 10 nitrogen and oxygen atoms in total. The number of aromatic nitrogens is 3. The number of anilines is 3. The highest BCUT2D eigenvalue weighted by Crippen LogP contribution is 2.32. The molecule has 0 aliphatic carbocycles. The molecule has 14 heteroatoms. The van der Waals surface area contributed by atoms with Gasteiger partial charge in [0, 0.05) is 56.4 Å². The van der Waals surface area contributed by atoms with Crippen molar-refractivity contribution in [3.63, 3.8) is 0 Å². The summed E-state index contributed by atoms with van der Waals surface area (Å²) >= 11 is 12.2. The molecule has 0 bridgehead atoms. The van der Waals surface area contributed by atoms with Gasteiger partial charge in [0.2, 0.25) is 10.0 Å². The van der Waals surface area contributed by atoms with Crippen LogP contribution in [0.1, 0.15) is 5.56 Å². The largest absolute Gasteiger partial charge is 0.353 e. The predicted octanol–water partition coefficient (Wildman–Crippen LogP) is 4.74. The number of piperazine rings is 1. The van der Waals surface area contributed by atoms with Gasteiger partial charge in [-0.05, 0) is 43.4 Å². The van der Waals surface area contributed by atoms with Gasteiger partial charge in [-0.15, -0.1) is 0 Å². The first-order valence-electron chi connectivity index (χ1n) is 12.6. The molecule has 1 aliphatic rings. The van der Waals surface area contributed by atoms with Crippen LogP contribution in [0.4, 0.5) is 21.5 Å². The van der Waals surface area contributed by atoms with E-state index in [9.17, 15) is 18.1 Å². The van der Waals surface area contributed by atoms with Crippen molar-refractivity contribution in [3.05, 3.63) is 70.3 Å². The second kappa shape index (κ2) is 12.1. The molecule has 4 heterocycles. The highest BCUT2D eigenvalue weighted by Gasteiger charge is 2.20. The van der Waals surface area contributed by atoms with E-state index in [1.54, 1.807) is 18.2 Å². The van der Waals surface area contributed by atoms with Crippen LogP contribution in [0.3, 0.4) is 0 Å². The summed E-state index contributed by atoms with van der Waals surface area (Å²) in [7, 11) is -1.66. The minimum atomic E-state index is -3.70. The molecule has 0 spiro atoms. The number of halogens is 3. The number of hydrogen-bond donors (Lipinski definition) is 2. The maximum Gasteiger partial charge on any atom is 0.234 e. The molecule has 0 unspecified atom stereocenters. The van der Waals surface area contributed by atoms with Gasteiger partial charge >= 0.3 is 0 Å². The fourth-order valence-electron chi connectivity index (χ4n) is 4.36. The van der Waals surface area contributed by atoms with Crippen molar-refractivity contribution in [1.29, 1.82) is 5.26 Å². The van der Waals surface area contributed by atoms with Gasteiger partial charge in [-0.1, -0.05) is 23.2 Å². The smallest absolute Gasteiger partial charge is 0.234 e. The number of rotatable bonds is 8. The van der Waals surface area contributed by atoms with Crippen molar-refractivity contribution >= 4 is 61.3 Å². The van der Waals surface area contributed by atoms with Crippen LogP contribution in [-0.2, 0) is 10.0 Å². The summed E-state index contributed by atoms with van der Waals surface area (Å²) in [6.07, 6.45) is 2.89. The molecule has 4 aromatic rings. The number of nitriles is 1. The van der Waals surface area contributed by atoms with Crippen LogP contribution in [0.5, 0.6) is 0 Å².